The molecule has 0 saturated carbocycles. The van der Waals surface area contributed by atoms with Crippen LogP contribution in [-0.4, -0.2) is 55.2 Å². The van der Waals surface area contributed by atoms with Crippen LogP contribution in [-0.2, 0) is 29.6 Å². The molecular formula is C32H36N4O5. The van der Waals surface area contributed by atoms with Gasteiger partial charge in [-0.3, -0.25) is 14.5 Å². The summed E-state index contributed by atoms with van der Waals surface area (Å²) >= 11 is 0. The molecule has 9 nitrogen and oxygen atoms in total. The molecule has 2 unspecified atom stereocenters. The standard InChI is InChI=1S/C31H34N4O3.CH2O2/c1-4-23-18-35(17-22-7-5-6-8-29(22)38-23)27-13-11-20-9-10-21(15-26(20)27)25(16-30(36)37)24-12-14-28-31(19(24)2)32-33-34(28)3;2-1-3/h5-10,12,14-15,23,25,27H,4,11,13,16-18H2,1-3H3,(H,36,37);1H,(H,2,3)/t23-,25?,27?;/m1./s1. The van der Waals surface area contributed by atoms with Crippen molar-refractivity contribution in [2.75, 3.05) is 6.54 Å². The molecule has 0 bridgehead atoms. The summed E-state index contributed by atoms with van der Waals surface area (Å²) in [6.07, 6.45) is 3.22. The SMILES string of the molecule is CC[C@@H]1CN(C2CCc3ccc(C(CC(=O)O)c4ccc5c(nnn5C)c4C)cc32)Cc2ccccc2O1.O=CO. The minimum absolute atomic E-state index is 0.0267. The van der Waals surface area contributed by atoms with E-state index in [1.165, 1.54) is 16.7 Å². The van der Waals surface area contributed by atoms with Gasteiger partial charge < -0.3 is 14.9 Å². The third kappa shape index (κ3) is 5.67. The molecule has 2 heterocycles. The summed E-state index contributed by atoms with van der Waals surface area (Å²) in [7, 11) is 1.87. The second-order valence-corrected chi connectivity index (χ2v) is 10.8. The van der Waals surface area contributed by atoms with Crippen molar-refractivity contribution in [1.82, 2.24) is 19.9 Å². The van der Waals surface area contributed by atoms with Gasteiger partial charge in [-0.2, -0.15) is 0 Å². The molecule has 0 saturated heterocycles. The number of aryl methyl sites for hydroxylation is 3. The topological polar surface area (TPSA) is 118 Å². The zero-order chi connectivity index (χ0) is 29.1. The van der Waals surface area contributed by atoms with E-state index in [0.29, 0.717) is 0 Å². The predicted molar refractivity (Wildman–Crippen MR) is 155 cm³/mol. The van der Waals surface area contributed by atoms with Crippen molar-refractivity contribution in [1.29, 1.82) is 0 Å². The lowest BCUT2D eigenvalue weighted by atomic mass is 9.84. The molecule has 2 N–H and O–H groups in total. The van der Waals surface area contributed by atoms with E-state index in [0.717, 1.165) is 65.8 Å². The van der Waals surface area contributed by atoms with Crippen molar-refractivity contribution >= 4 is 23.5 Å². The second kappa shape index (κ2) is 12.1. The van der Waals surface area contributed by atoms with Gasteiger partial charge >= 0.3 is 5.97 Å². The first-order chi connectivity index (χ1) is 19.8. The fourth-order valence-corrected chi connectivity index (χ4v) is 6.36. The number of benzene rings is 3. The van der Waals surface area contributed by atoms with Crippen molar-refractivity contribution in [3.05, 3.63) is 88.0 Å². The van der Waals surface area contributed by atoms with E-state index in [9.17, 15) is 9.90 Å². The quantitative estimate of drug-likeness (QED) is 0.310. The Bertz CT molecular complexity index is 1570. The Morgan fingerprint density at radius 2 is 1.95 bits per heavy atom. The van der Waals surface area contributed by atoms with Crippen molar-refractivity contribution in [2.24, 2.45) is 7.05 Å². The van der Waals surface area contributed by atoms with Gasteiger partial charge in [0.05, 0.1) is 11.9 Å². The number of ether oxygens (including phenoxy) is 1. The summed E-state index contributed by atoms with van der Waals surface area (Å²) in [6, 6.07) is 19.3. The Labute approximate surface area is 239 Å². The summed E-state index contributed by atoms with van der Waals surface area (Å²) in [5, 5.41) is 25.3. The Kier molecular flexibility index (Phi) is 8.35. The third-order valence-electron chi connectivity index (χ3n) is 8.43. The van der Waals surface area contributed by atoms with Gasteiger partial charge in [0.1, 0.15) is 17.4 Å². The number of aromatic nitrogens is 3. The molecule has 0 radical (unpaired) electrons. The Morgan fingerprint density at radius 1 is 1.17 bits per heavy atom. The Balaban J connectivity index is 0.00000108. The number of para-hydroxylation sites is 1. The number of hydrogen-bond acceptors (Lipinski definition) is 6. The molecule has 214 valence electrons. The van der Waals surface area contributed by atoms with Crippen LogP contribution in [0.25, 0.3) is 11.0 Å². The van der Waals surface area contributed by atoms with Gasteiger partial charge in [-0.05, 0) is 66.1 Å². The highest BCUT2D eigenvalue weighted by Crippen LogP contribution is 2.42. The Morgan fingerprint density at radius 3 is 2.71 bits per heavy atom. The lowest BCUT2D eigenvalue weighted by Crippen LogP contribution is -2.34. The lowest BCUT2D eigenvalue weighted by molar-refractivity contribution is -0.137. The highest BCUT2D eigenvalue weighted by molar-refractivity contribution is 5.80. The molecule has 1 aliphatic heterocycles. The third-order valence-corrected chi connectivity index (χ3v) is 8.43. The molecule has 1 aliphatic carbocycles. The van der Waals surface area contributed by atoms with Crippen LogP contribution in [0, 0.1) is 6.92 Å². The number of hydrogen-bond donors (Lipinski definition) is 2. The number of nitrogens with zero attached hydrogens (tertiary/aromatic N) is 4. The molecule has 6 rings (SSSR count). The van der Waals surface area contributed by atoms with Gasteiger partial charge in [0.25, 0.3) is 6.47 Å². The largest absolute Gasteiger partial charge is 0.489 e. The van der Waals surface area contributed by atoms with E-state index in [1.54, 1.807) is 4.68 Å². The van der Waals surface area contributed by atoms with Gasteiger partial charge in [-0.25, -0.2) is 4.68 Å². The van der Waals surface area contributed by atoms with Crippen LogP contribution in [0.1, 0.15) is 71.5 Å². The summed E-state index contributed by atoms with van der Waals surface area (Å²) in [6.45, 7) is 5.68. The van der Waals surface area contributed by atoms with Gasteiger partial charge in [-0.15, -0.1) is 5.10 Å². The highest BCUT2D eigenvalue weighted by Gasteiger charge is 2.33. The van der Waals surface area contributed by atoms with Crippen LogP contribution in [0.5, 0.6) is 5.75 Å². The first kappa shape index (κ1) is 28.3. The van der Waals surface area contributed by atoms with Crippen LogP contribution in [0.3, 0.4) is 0 Å². The van der Waals surface area contributed by atoms with Gasteiger partial charge in [0, 0.05) is 37.7 Å². The minimum atomic E-state index is -0.808. The maximum atomic E-state index is 12.1. The smallest absolute Gasteiger partial charge is 0.304 e. The van der Waals surface area contributed by atoms with E-state index in [4.69, 9.17) is 14.6 Å². The number of carboxylic acid groups (broad SMARTS) is 2. The minimum Gasteiger partial charge on any atom is -0.489 e. The highest BCUT2D eigenvalue weighted by atomic mass is 16.5. The van der Waals surface area contributed by atoms with E-state index >= 15 is 0 Å². The number of aliphatic carboxylic acids is 1. The van der Waals surface area contributed by atoms with Gasteiger partial charge in [0.2, 0.25) is 0 Å². The van der Waals surface area contributed by atoms with E-state index in [2.05, 4.69) is 58.5 Å². The number of carbonyl (C=O) groups is 2. The van der Waals surface area contributed by atoms with Gasteiger partial charge in [0.15, 0.2) is 0 Å². The summed E-state index contributed by atoms with van der Waals surface area (Å²) in [5.41, 5.74) is 8.72. The van der Waals surface area contributed by atoms with Crippen molar-refractivity contribution in [3.8, 4) is 5.75 Å². The molecule has 9 heteroatoms. The Hall–Kier alpha value is -4.24. The first-order valence-corrected chi connectivity index (χ1v) is 14.0. The van der Waals surface area contributed by atoms with Crippen LogP contribution in [0.4, 0.5) is 0 Å². The fraction of sp³-hybridized carbons (Fsp3) is 0.375. The molecule has 4 aromatic rings. The molecule has 0 fully saturated rings. The maximum absolute atomic E-state index is 12.1. The van der Waals surface area contributed by atoms with Crippen LogP contribution in [0.15, 0.2) is 54.6 Å². The molecule has 3 aromatic carbocycles. The van der Waals surface area contributed by atoms with Crippen LogP contribution >= 0.6 is 0 Å². The fourth-order valence-electron chi connectivity index (χ4n) is 6.36. The second-order valence-electron chi connectivity index (χ2n) is 10.8. The van der Waals surface area contributed by atoms with Crippen LogP contribution in [0.2, 0.25) is 0 Å². The molecular weight excluding hydrogens is 520 g/mol. The average molecular weight is 557 g/mol. The monoisotopic (exact) mass is 556 g/mol. The summed E-state index contributed by atoms with van der Waals surface area (Å²) in [5.74, 6) is -0.0787. The number of carboxylic acids is 1. The molecule has 0 amide bonds. The maximum Gasteiger partial charge on any atom is 0.304 e. The van der Waals surface area contributed by atoms with Crippen molar-refractivity contribution in [2.45, 2.75) is 64.1 Å². The zero-order valence-electron chi connectivity index (χ0n) is 23.7. The predicted octanol–water partition coefficient (Wildman–Crippen LogP) is 5.24. The molecule has 1 aromatic heterocycles. The molecule has 2 aliphatic rings. The van der Waals surface area contributed by atoms with Crippen LogP contribution < -0.4 is 4.74 Å². The van der Waals surface area contributed by atoms with Crippen molar-refractivity contribution in [3.63, 3.8) is 0 Å². The molecule has 0 spiro atoms. The van der Waals surface area contributed by atoms with E-state index < -0.39 is 5.97 Å². The summed E-state index contributed by atoms with van der Waals surface area (Å²) < 4.78 is 8.13. The van der Waals surface area contributed by atoms with E-state index in [1.807, 2.05) is 32.2 Å². The number of rotatable bonds is 6. The van der Waals surface area contributed by atoms with Gasteiger partial charge in [-0.1, -0.05) is 54.6 Å². The normalized spacial score (nSPS) is 18.8. The molecule has 3 atom stereocenters. The number of fused-ring (bicyclic) bond motifs is 3. The lowest BCUT2D eigenvalue weighted by Gasteiger charge is -2.30. The van der Waals surface area contributed by atoms with Crippen molar-refractivity contribution < 1.29 is 24.5 Å². The van der Waals surface area contributed by atoms with E-state index in [-0.39, 0.29) is 31.0 Å². The first-order valence-electron chi connectivity index (χ1n) is 14.0. The summed E-state index contributed by atoms with van der Waals surface area (Å²) in [4.78, 5) is 23.0. The average Bonchev–Trinajstić information content (AvgIpc) is 3.50. The zero-order valence-corrected chi connectivity index (χ0v) is 23.7. The molecule has 41 heavy (non-hydrogen) atoms.